The van der Waals surface area contributed by atoms with Crippen molar-refractivity contribution in [2.24, 2.45) is 4.99 Å². The fraction of sp³-hybridized carbons (Fsp3) is 0. The van der Waals surface area contributed by atoms with E-state index in [4.69, 9.17) is 0 Å². The zero-order chi connectivity index (χ0) is 19.2. The fourth-order valence-corrected chi connectivity index (χ4v) is 2.33. The minimum atomic E-state index is -1.20. The summed E-state index contributed by atoms with van der Waals surface area (Å²) in [5.41, 5.74) is 0.222. The van der Waals surface area contributed by atoms with Gasteiger partial charge >= 0.3 is 5.97 Å². The van der Waals surface area contributed by atoms with Crippen LogP contribution < -0.4 is 5.32 Å². The number of rotatable bonds is 5. The summed E-state index contributed by atoms with van der Waals surface area (Å²) in [6.07, 6.45) is 1.34. The van der Waals surface area contributed by atoms with E-state index in [0.29, 0.717) is 5.56 Å². The van der Waals surface area contributed by atoms with Crippen LogP contribution in [0.25, 0.3) is 0 Å². The van der Waals surface area contributed by atoms with Crippen molar-refractivity contribution in [1.29, 1.82) is 0 Å². The highest BCUT2D eigenvalue weighted by atomic mass is 19.1. The molecule has 0 aliphatic rings. The Morgan fingerprint density at radius 3 is 2.41 bits per heavy atom. The standard InChI is InChI=1S/C20H14FN3O3/c21-16-9-4-1-6-13(16)12-22-17-10-5-11-18(23-17)24-19(25)14-7-2-3-8-15(14)20(26)27/h1-12H,(H,26,27)(H,23,24,25). The minimum Gasteiger partial charge on any atom is -0.478 e. The first-order chi connectivity index (χ1) is 13.0. The Bertz CT molecular complexity index is 1030. The van der Waals surface area contributed by atoms with Gasteiger partial charge in [0.2, 0.25) is 0 Å². The van der Waals surface area contributed by atoms with Crippen LogP contribution in [0, 0.1) is 5.82 Å². The molecule has 27 heavy (non-hydrogen) atoms. The second kappa shape index (κ2) is 8.01. The number of anilines is 1. The van der Waals surface area contributed by atoms with Crippen molar-refractivity contribution < 1.29 is 19.1 Å². The van der Waals surface area contributed by atoms with Crippen molar-refractivity contribution in [3.05, 3.63) is 89.2 Å². The van der Waals surface area contributed by atoms with Crippen LogP contribution in [0.1, 0.15) is 26.3 Å². The molecular formula is C20H14FN3O3. The molecule has 0 aliphatic carbocycles. The number of benzene rings is 2. The molecule has 0 radical (unpaired) electrons. The lowest BCUT2D eigenvalue weighted by Crippen LogP contribution is -2.16. The normalized spacial score (nSPS) is 10.7. The van der Waals surface area contributed by atoms with Crippen LogP contribution >= 0.6 is 0 Å². The van der Waals surface area contributed by atoms with Gasteiger partial charge in [0.05, 0.1) is 11.1 Å². The predicted molar refractivity (Wildman–Crippen MR) is 99.2 cm³/mol. The molecule has 0 atom stereocenters. The third-order valence-electron chi connectivity index (χ3n) is 3.62. The first-order valence-electron chi connectivity index (χ1n) is 7.94. The van der Waals surface area contributed by atoms with Crippen molar-refractivity contribution in [1.82, 2.24) is 4.98 Å². The number of carboxylic acids is 1. The van der Waals surface area contributed by atoms with Crippen molar-refractivity contribution in [3.63, 3.8) is 0 Å². The van der Waals surface area contributed by atoms with Crippen LogP contribution in [0.3, 0.4) is 0 Å². The van der Waals surface area contributed by atoms with E-state index in [2.05, 4.69) is 15.3 Å². The summed E-state index contributed by atoms with van der Waals surface area (Å²) in [6.45, 7) is 0. The van der Waals surface area contributed by atoms with Crippen molar-refractivity contribution in [2.45, 2.75) is 0 Å². The van der Waals surface area contributed by atoms with Gasteiger partial charge in [-0.25, -0.2) is 19.2 Å². The molecule has 1 amide bonds. The molecule has 6 nitrogen and oxygen atoms in total. The lowest BCUT2D eigenvalue weighted by atomic mass is 10.1. The summed E-state index contributed by atoms with van der Waals surface area (Å²) >= 11 is 0. The molecule has 0 bridgehead atoms. The molecule has 2 N–H and O–H groups in total. The predicted octanol–water partition coefficient (Wildman–Crippen LogP) is 3.92. The van der Waals surface area contributed by atoms with Crippen LogP contribution in [0.4, 0.5) is 16.0 Å². The topological polar surface area (TPSA) is 91.6 Å². The first kappa shape index (κ1) is 17.9. The number of pyridine rings is 1. The third-order valence-corrected chi connectivity index (χ3v) is 3.62. The number of aromatic nitrogens is 1. The van der Waals surface area contributed by atoms with E-state index in [0.717, 1.165) is 0 Å². The highest BCUT2D eigenvalue weighted by Gasteiger charge is 2.16. The van der Waals surface area contributed by atoms with Gasteiger partial charge in [-0.1, -0.05) is 36.4 Å². The van der Waals surface area contributed by atoms with E-state index in [9.17, 15) is 19.1 Å². The zero-order valence-electron chi connectivity index (χ0n) is 14.0. The van der Waals surface area contributed by atoms with Crippen LogP contribution in [-0.4, -0.2) is 28.2 Å². The van der Waals surface area contributed by atoms with Gasteiger partial charge in [0, 0.05) is 11.8 Å². The molecule has 3 rings (SSSR count). The minimum absolute atomic E-state index is 0.0204. The first-order valence-corrected chi connectivity index (χ1v) is 7.94. The summed E-state index contributed by atoms with van der Waals surface area (Å²) in [4.78, 5) is 31.9. The highest BCUT2D eigenvalue weighted by Crippen LogP contribution is 2.16. The van der Waals surface area contributed by atoms with Gasteiger partial charge in [0.25, 0.3) is 5.91 Å². The number of halogens is 1. The van der Waals surface area contributed by atoms with E-state index in [1.54, 1.807) is 42.5 Å². The number of hydrogen-bond donors (Lipinski definition) is 2. The van der Waals surface area contributed by atoms with Crippen LogP contribution in [-0.2, 0) is 0 Å². The fourth-order valence-electron chi connectivity index (χ4n) is 2.33. The summed E-state index contributed by atoms with van der Waals surface area (Å²) in [5.74, 6) is -1.74. The lowest BCUT2D eigenvalue weighted by molar-refractivity contribution is 0.0692. The molecule has 1 aromatic heterocycles. The molecule has 0 unspecified atom stereocenters. The van der Waals surface area contributed by atoms with Gasteiger partial charge in [-0.2, -0.15) is 0 Å². The molecule has 0 aliphatic heterocycles. The zero-order valence-corrected chi connectivity index (χ0v) is 14.0. The molecule has 7 heteroatoms. The molecule has 2 aromatic carbocycles. The van der Waals surface area contributed by atoms with Crippen LogP contribution in [0.5, 0.6) is 0 Å². The molecule has 3 aromatic rings. The van der Waals surface area contributed by atoms with E-state index < -0.39 is 17.7 Å². The number of carboxylic acid groups (broad SMARTS) is 1. The molecular weight excluding hydrogens is 349 g/mol. The number of hydrogen-bond acceptors (Lipinski definition) is 4. The number of aromatic carboxylic acids is 1. The number of aliphatic imine (C=N–C) groups is 1. The Kier molecular flexibility index (Phi) is 5.32. The van der Waals surface area contributed by atoms with Gasteiger partial charge in [0.1, 0.15) is 11.6 Å². The molecule has 1 heterocycles. The summed E-state index contributed by atoms with van der Waals surface area (Å²) in [6, 6.07) is 16.8. The third kappa shape index (κ3) is 4.40. The second-order valence-electron chi connectivity index (χ2n) is 5.47. The van der Waals surface area contributed by atoms with Crippen LogP contribution in [0.2, 0.25) is 0 Å². The van der Waals surface area contributed by atoms with E-state index in [1.807, 2.05) is 0 Å². The summed E-state index contributed by atoms with van der Waals surface area (Å²) in [7, 11) is 0. The monoisotopic (exact) mass is 363 g/mol. The van der Waals surface area contributed by atoms with Crippen molar-refractivity contribution in [2.75, 3.05) is 5.32 Å². The smallest absolute Gasteiger partial charge is 0.336 e. The van der Waals surface area contributed by atoms with Gasteiger partial charge < -0.3 is 10.4 Å². The summed E-state index contributed by atoms with van der Waals surface area (Å²) in [5, 5.41) is 11.7. The van der Waals surface area contributed by atoms with Crippen LogP contribution in [0.15, 0.2) is 71.7 Å². The number of carbonyl (C=O) groups excluding carboxylic acids is 1. The number of nitrogens with one attached hydrogen (secondary N) is 1. The maximum atomic E-state index is 13.6. The van der Waals surface area contributed by atoms with Gasteiger partial charge in [0.15, 0.2) is 5.82 Å². The Hall–Kier alpha value is -3.87. The Labute approximate surface area is 154 Å². The molecule has 0 saturated heterocycles. The number of carbonyl (C=O) groups is 2. The Morgan fingerprint density at radius 1 is 0.963 bits per heavy atom. The average molecular weight is 363 g/mol. The number of nitrogens with zero attached hydrogens (tertiary/aromatic N) is 2. The second-order valence-corrected chi connectivity index (χ2v) is 5.47. The molecule has 0 saturated carbocycles. The lowest BCUT2D eigenvalue weighted by Gasteiger charge is -2.07. The Morgan fingerprint density at radius 2 is 1.67 bits per heavy atom. The molecule has 134 valence electrons. The SMILES string of the molecule is O=C(O)c1ccccc1C(=O)Nc1cccc(N=Cc2ccccc2F)n1. The van der Waals surface area contributed by atoms with E-state index in [1.165, 1.54) is 30.5 Å². The maximum Gasteiger partial charge on any atom is 0.336 e. The van der Waals surface area contributed by atoms with Gasteiger partial charge in [-0.15, -0.1) is 0 Å². The Balaban J connectivity index is 1.79. The quantitative estimate of drug-likeness (QED) is 0.672. The van der Waals surface area contributed by atoms with Crippen molar-refractivity contribution in [3.8, 4) is 0 Å². The van der Waals surface area contributed by atoms with E-state index >= 15 is 0 Å². The molecule has 0 spiro atoms. The molecule has 0 fully saturated rings. The average Bonchev–Trinajstić information content (AvgIpc) is 2.67. The number of amides is 1. The highest BCUT2D eigenvalue weighted by molar-refractivity contribution is 6.10. The van der Waals surface area contributed by atoms with Crippen molar-refractivity contribution >= 4 is 29.7 Å². The maximum absolute atomic E-state index is 13.6. The van der Waals surface area contributed by atoms with E-state index in [-0.39, 0.29) is 22.8 Å². The van der Waals surface area contributed by atoms with Gasteiger partial charge in [-0.3, -0.25) is 4.79 Å². The summed E-state index contributed by atoms with van der Waals surface area (Å²) < 4.78 is 13.6. The van der Waals surface area contributed by atoms with Gasteiger partial charge in [-0.05, 0) is 30.3 Å². The largest absolute Gasteiger partial charge is 0.478 e.